The molecule has 0 saturated carbocycles. The van der Waals surface area contributed by atoms with Gasteiger partial charge in [0.1, 0.15) is 0 Å². The number of carbonyl (C=O) groups excluding carboxylic acids is 2. The van der Waals surface area contributed by atoms with Gasteiger partial charge >= 0.3 is 27.3 Å². The minimum atomic E-state index is -1.11. The fraction of sp³-hybridized carbons (Fsp3) is 0.222. The fourth-order valence-corrected chi connectivity index (χ4v) is 1.94. The molecule has 0 spiro atoms. The summed E-state index contributed by atoms with van der Waals surface area (Å²) in [6.07, 6.45) is 0. The standard InChI is InChI=1S/2C9H10O2.Cd/c2*1-6-4-3-5-8(7(6)2)9(10)11;/h2*3-5H,1-2H3,(H,10,11);/q;;+2/p-2. The van der Waals surface area contributed by atoms with Crippen LogP contribution in [-0.2, 0) is 27.3 Å². The number of aryl methyl sites for hydroxylation is 2. The molecule has 23 heavy (non-hydrogen) atoms. The first-order valence-corrected chi connectivity index (χ1v) is 6.80. The van der Waals surface area contributed by atoms with Crippen LogP contribution < -0.4 is 10.2 Å². The van der Waals surface area contributed by atoms with Crippen molar-refractivity contribution >= 4 is 11.9 Å². The summed E-state index contributed by atoms with van der Waals surface area (Å²) in [6.45, 7) is 7.31. The van der Waals surface area contributed by atoms with Crippen molar-refractivity contribution in [2.24, 2.45) is 0 Å². The van der Waals surface area contributed by atoms with Crippen molar-refractivity contribution < 1.29 is 47.1 Å². The van der Waals surface area contributed by atoms with E-state index in [2.05, 4.69) is 0 Å². The van der Waals surface area contributed by atoms with Gasteiger partial charge < -0.3 is 19.8 Å². The Labute approximate surface area is 156 Å². The number of carboxylic acid groups (broad SMARTS) is 2. The molecule has 4 nitrogen and oxygen atoms in total. The third kappa shape index (κ3) is 5.78. The first-order valence-electron chi connectivity index (χ1n) is 6.80. The van der Waals surface area contributed by atoms with E-state index in [1.807, 2.05) is 26.0 Å². The van der Waals surface area contributed by atoms with Gasteiger partial charge in [-0.2, -0.15) is 0 Å². The fourth-order valence-electron chi connectivity index (χ4n) is 1.94. The van der Waals surface area contributed by atoms with Crippen molar-refractivity contribution in [3.05, 3.63) is 69.8 Å². The Hall–Kier alpha value is -1.70. The van der Waals surface area contributed by atoms with E-state index < -0.39 is 11.9 Å². The summed E-state index contributed by atoms with van der Waals surface area (Å²) in [5.41, 5.74) is 4.09. The van der Waals surface area contributed by atoms with Gasteiger partial charge in [0.2, 0.25) is 0 Å². The van der Waals surface area contributed by atoms with E-state index in [-0.39, 0.29) is 38.4 Å². The summed E-state index contributed by atoms with van der Waals surface area (Å²) >= 11 is 0. The Morgan fingerprint density at radius 3 is 1.22 bits per heavy atom. The van der Waals surface area contributed by atoms with Crippen molar-refractivity contribution in [3.63, 3.8) is 0 Å². The van der Waals surface area contributed by atoms with Crippen molar-refractivity contribution in [2.45, 2.75) is 27.7 Å². The van der Waals surface area contributed by atoms with E-state index in [4.69, 9.17) is 0 Å². The number of carboxylic acids is 2. The van der Waals surface area contributed by atoms with Crippen LogP contribution in [0.15, 0.2) is 36.4 Å². The van der Waals surface area contributed by atoms with Crippen LogP contribution in [0.1, 0.15) is 43.0 Å². The van der Waals surface area contributed by atoms with Crippen LogP contribution in [0.2, 0.25) is 0 Å². The Bertz CT molecular complexity index is 647. The molecule has 0 amide bonds. The molecule has 0 atom stereocenters. The van der Waals surface area contributed by atoms with E-state index >= 15 is 0 Å². The molecule has 116 valence electrons. The predicted octanol–water partition coefficient (Wildman–Crippen LogP) is 1.33. The zero-order chi connectivity index (χ0) is 16.9. The van der Waals surface area contributed by atoms with Crippen LogP contribution in [0, 0.1) is 27.7 Å². The minimum Gasteiger partial charge on any atom is -0.545 e. The topological polar surface area (TPSA) is 80.3 Å². The van der Waals surface area contributed by atoms with Gasteiger partial charge in [-0.1, -0.05) is 36.4 Å². The quantitative estimate of drug-likeness (QED) is 0.700. The monoisotopic (exact) mass is 412 g/mol. The first-order chi connectivity index (χ1) is 10.3. The Morgan fingerprint density at radius 1 is 0.696 bits per heavy atom. The van der Waals surface area contributed by atoms with Crippen molar-refractivity contribution in [1.82, 2.24) is 0 Å². The zero-order valence-corrected chi connectivity index (χ0v) is 17.8. The molecule has 0 fully saturated rings. The largest absolute Gasteiger partial charge is 2.00 e. The normalized spacial score (nSPS) is 9.22. The molecule has 2 aromatic rings. The van der Waals surface area contributed by atoms with Gasteiger partial charge in [0.15, 0.2) is 0 Å². The summed E-state index contributed by atoms with van der Waals surface area (Å²) in [4.78, 5) is 20.9. The molecule has 0 saturated heterocycles. The first kappa shape index (κ1) is 21.3. The van der Waals surface area contributed by atoms with Crippen LogP contribution in [0.5, 0.6) is 0 Å². The molecule has 0 bridgehead atoms. The SMILES string of the molecule is Cc1cccc(C(=O)[O-])c1C.Cc1cccc(C(=O)[O-])c1C.[Cd+2]. The van der Waals surface area contributed by atoms with Crippen LogP contribution in [0.3, 0.4) is 0 Å². The maximum Gasteiger partial charge on any atom is 2.00 e. The van der Waals surface area contributed by atoms with Crippen LogP contribution in [0.4, 0.5) is 0 Å². The second-order valence-electron chi connectivity index (χ2n) is 5.07. The molecule has 5 heteroatoms. The van der Waals surface area contributed by atoms with Gasteiger partial charge in [0.05, 0.1) is 11.9 Å². The molecular weight excluding hydrogens is 393 g/mol. The maximum absolute atomic E-state index is 10.5. The molecule has 0 aliphatic heterocycles. The van der Waals surface area contributed by atoms with Crippen molar-refractivity contribution in [3.8, 4) is 0 Å². The molecule has 2 rings (SSSR count). The van der Waals surface area contributed by atoms with Gasteiger partial charge in [-0.15, -0.1) is 0 Å². The number of carbonyl (C=O) groups is 2. The smallest absolute Gasteiger partial charge is 0.545 e. The van der Waals surface area contributed by atoms with Gasteiger partial charge in [0, 0.05) is 11.1 Å². The molecule has 2 aromatic carbocycles. The maximum atomic E-state index is 10.5. The van der Waals surface area contributed by atoms with E-state index in [0.717, 1.165) is 22.3 Å². The number of hydrogen-bond acceptors (Lipinski definition) is 4. The number of aromatic carboxylic acids is 2. The Balaban J connectivity index is 0.000000403. The van der Waals surface area contributed by atoms with E-state index in [0.29, 0.717) is 0 Å². The number of benzene rings is 2. The minimum absolute atomic E-state index is 0. The summed E-state index contributed by atoms with van der Waals surface area (Å²) in [7, 11) is 0. The van der Waals surface area contributed by atoms with Gasteiger partial charge in [-0.05, 0) is 49.9 Å². The molecule has 0 radical (unpaired) electrons. The van der Waals surface area contributed by atoms with Crippen LogP contribution in [-0.4, -0.2) is 11.9 Å². The van der Waals surface area contributed by atoms with Crippen molar-refractivity contribution in [2.75, 3.05) is 0 Å². The zero-order valence-electron chi connectivity index (χ0n) is 13.8. The Kier molecular flexibility index (Phi) is 8.75. The number of rotatable bonds is 2. The summed E-state index contributed by atoms with van der Waals surface area (Å²) in [5.74, 6) is -2.21. The van der Waals surface area contributed by atoms with Gasteiger partial charge in [0.25, 0.3) is 0 Å². The second kappa shape index (κ2) is 9.44. The molecule has 0 aliphatic rings. The molecule has 0 heterocycles. The van der Waals surface area contributed by atoms with Crippen LogP contribution >= 0.6 is 0 Å². The molecule has 0 unspecified atom stereocenters. The van der Waals surface area contributed by atoms with E-state index in [1.54, 1.807) is 38.1 Å². The predicted molar refractivity (Wildman–Crippen MR) is 80.5 cm³/mol. The third-order valence-electron chi connectivity index (χ3n) is 3.65. The second-order valence-corrected chi connectivity index (χ2v) is 5.07. The van der Waals surface area contributed by atoms with E-state index in [9.17, 15) is 19.8 Å². The van der Waals surface area contributed by atoms with E-state index in [1.165, 1.54) is 0 Å². The molecular formula is C18H18CdO4. The molecule has 0 aromatic heterocycles. The Morgan fingerprint density at radius 2 is 1.00 bits per heavy atom. The van der Waals surface area contributed by atoms with Gasteiger partial charge in [-0.3, -0.25) is 0 Å². The summed E-state index contributed by atoms with van der Waals surface area (Å²) in [5, 5.41) is 20.9. The summed E-state index contributed by atoms with van der Waals surface area (Å²) < 4.78 is 0. The van der Waals surface area contributed by atoms with Crippen molar-refractivity contribution in [1.29, 1.82) is 0 Å². The average Bonchev–Trinajstić information content (AvgIpc) is 2.45. The molecule has 0 N–H and O–H groups in total. The molecule has 0 aliphatic carbocycles. The summed E-state index contributed by atoms with van der Waals surface area (Å²) in [6, 6.07) is 10.3. The van der Waals surface area contributed by atoms with Gasteiger partial charge in [-0.25, -0.2) is 0 Å². The number of hydrogen-bond donors (Lipinski definition) is 0. The third-order valence-corrected chi connectivity index (χ3v) is 3.65. The van der Waals surface area contributed by atoms with Crippen LogP contribution in [0.25, 0.3) is 0 Å². The average molecular weight is 411 g/mol.